The van der Waals surface area contributed by atoms with Gasteiger partial charge >= 0.3 is 0 Å². The minimum absolute atomic E-state index is 0.0380. The molecular formula is C18H18FN3O2. The van der Waals surface area contributed by atoms with Crippen molar-refractivity contribution < 1.29 is 13.7 Å². The number of rotatable bonds is 6. The van der Waals surface area contributed by atoms with E-state index in [-0.39, 0.29) is 11.8 Å². The summed E-state index contributed by atoms with van der Waals surface area (Å²) in [6.45, 7) is 4.35. The Hall–Kier alpha value is -2.73. The van der Waals surface area contributed by atoms with Crippen molar-refractivity contribution in [3.63, 3.8) is 0 Å². The van der Waals surface area contributed by atoms with E-state index in [4.69, 9.17) is 9.26 Å². The molecule has 0 radical (unpaired) electrons. The standard InChI is InChI=1S/C18H18FN3O2/c1-12-8-15(22-24-12)10-21-13(2)14-5-6-18(17(19)9-14)23-16-4-3-7-20-11-16/h3-9,11,13,21H,10H2,1-2H3/t13-/m0/s1. The molecule has 1 aromatic carbocycles. The lowest BCUT2D eigenvalue weighted by molar-refractivity contribution is 0.386. The largest absolute Gasteiger partial charge is 0.453 e. The Balaban J connectivity index is 1.65. The molecule has 24 heavy (non-hydrogen) atoms. The van der Waals surface area contributed by atoms with Crippen LogP contribution in [0.5, 0.6) is 11.5 Å². The topological polar surface area (TPSA) is 60.2 Å². The number of nitrogens with one attached hydrogen (secondary N) is 1. The van der Waals surface area contributed by atoms with E-state index in [9.17, 15) is 4.39 Å². The van der Waals surface area contributed by atoms with Crippen molar-refractivity contribution in [2.24, 2.45) is 0 Å². The van der Waals surface area contributed by atoms with Gasteiger partial charge in [-0.25, -0.2) is 4.39 Å². The normalized spacial score (nSPS) is 12.1. The van der Waals surface area contributed by atoms with Crippen molar-refractivity contribution in [1.82, 2.24) is 15.5 Å². The summed E-state index contributed by atoms with van der Waals surface area (Å²) in [6.07, 6.45) is 3.17. The number of ether oxygens (including phenoxy) is 1. The number of pyridine rings is 1. The first kappa shape index (κ1) is 16.1. The third-order valence-corrected chi connectivity index (χ3v) is 3.58. The Morgan fingerprint density at radius 3 is 2.83 bits per heavy atom. The van der Waals surface area contributed by atoms with Crippen molar-refractivity contribution in [2.45, 2.75) is 26.4 Å². The number of benzene rings is 1. The van der Waals surface area contributed by atoms with Crippen LogP contribution in [0, 0.1) is 12.7 Å². The van der Waals surface area contributed by atoms with E-state index in [1.165, 1.54) is 12.3 Å². The van der Waals surface area contributed by atoms with Gasteiger partial charge < -0.3 is 14.6 Å². The minimum Gasteiger partial charge on any atom is -0.453 e. The molecule has 6 heteroatoms. The average molecular weight is 327 g/mol. The lowest BCUT2D eigenvalue weighted by Gasteiger charge is -2.14. The van der Waals surface area contributed by atoms with E-state index < -0.39 is 5.82 Å². The molecule has 0 saturated carbocycles. The van der Waals surface area contributed by atoms with Gasteiger partial charge in [0.25, 0.3) is 0 Å². The zero-order chi connectivity index (χ0) is 16.9. The fourth-order valence-corrected chi connectivity index (χ4v) is 2.28. The van der Waals surface area contributed by atoms with Crippen LogP contribution in [0.25, 0.3) is 0 Å². The van der Waals surface area contributed by atoms with E-state index in [1.807, 2.05) is 26.0 Å². The summed E-state index contributed by atoms with van der Waals surface area (Å²) in [7, 11) is 0. The number of aromatic nitrogens is 2. The summed E-state index contributed by atoms with van der Waals surface area (Å²) in [5, 5.41) is 7.21. The maximum absolute atomic E-state index is 14.3. The molecule has 0 bridgehead atoms. The monoisotopic (exact) mass is 327 g/mol. The quantitative estimate of drug-likeness (QED) is 0.736. The molecule has 2 aromatic heterocycles. The number of aryl methyl sites for hydroxylation is 1. The summed E-state index contributed by atoms with van der Waals surface area (Å²) in [5.41, 5.74) is 1.64. The van der Waals surface area contributed by atoms with Crippen LogP contribution >= 0.6 is 0 Å². The van der Waals surface area contributed by atoms with Crippen molar-refractivity contribution in [3.8, 4) is 11.5 Å². The SMILES string of the molecule is Cc1cc(CN[C@@H](C)c2ccc(Oc3cccnc3)c(F)c2)no1. The molecule has 0 aliphatic rings. The van der Waals surface area contributed by atoms with Crippen LogP contribution < -0.4 is 10.1 Å². The van der Waals surface area contributed by atoms with E-state index in [0.717, 1.165) is 17.0 Å². The van der Waals surface area contributed by atoms with E-state index >= 15 is 0 Å². The second-order valence-electron chi connectivity index (χ2n) is 5.51. The molecule has 1 atom stereocenters. The van der Waals surface area contributed by atoms with Crippen LogP contribution in [0.15, 0.2) is 53.3 Å². The second kappa shape index (κ2) is 7.23. The van der Waals surface area contributed by atoms with Crippen LogP contribution in [-0.4, -0.2) is 10.1 Å². The lowest BCUT2D eigenvalue weighted by atomic mass is 10.1. The van der Waals surface area contributed by atoms with Gasteiger partial charge in [-0.15, -0.1) is 0 Å². The Labute approximate surface area is 139 Å². The number of hydrogen-bond donors (Lipinski definition) is 1. The summed E-state index contributed by atoms with van der Waals surface area (Å²) >= 11 is 0. The summed E-state index contributed by atoms with van der Waals surface area (Å²) in [5.74, 6) is 1.02. The molecule has 5 nitrogen and oxygen atoms in total. The van der Waals surface area contributed by atoms with Gasteiger partial charge in [0.2, 0.25) is 0 Å². The Bertz CT molecular complexity index is 805. The van der Waals surface area contributed by atoms with Crippen LogP contribution in [0.2, 0.25) is 0 Å². The molecule has 0 saturated heterocycles. The second-order valence-corrected chi connectivity index (χ2v) is 5.51. The third-order valence-electron chi connectivity index (χ3n) is 3.58. The Kier molecular flexibility index (Phi) is 4.86. The molecule has 0 spiro atoms. The molecule has 1 N–H and O–H groups in total. The van der Waals surface area contributed by atoms with Gasteiger partial charge in [-0.2, -0.15) is 0 Å². The highest BCUT2D eigenvalue weighted by atomic mass is 19.1. The zero-order valence-corrected chi connectivity index (χ0v) is 13.5. The maximum atomic E-state index is 14.3. The molecule has 124 valence electrons. The highest BCUT2D eigenvalue weighted by Crippen LogP contribution is 2.26. The fourth-order valence-electron chi connectivity index (χ4n) is 2.28. The lowest BCUT2D eigenvalue weighted by Crippen LogP contribution is -2.18. The molecule has 0 aliphatic heterocycles. The summed E-state index contributed by atoms with van der Waals surface area (Å²) in [6, 6.07) is 10.2. The van der Waals surface area contributed by atoms with Crippen molar-refractivity contribution >= 4 is 0 Å². The molecule has 2 heterocycles. The first-order valence-corrected chi connectivity index (χ1v) is 7.65. The Morgan fingerprint density at radius 2 is 2.17 bits per heavy atom. The van der Waals surface area contributed by atoms with Crippen LogP contribution in [0.1, 0.15) is 30.0 Å². The van der Waals surface area contributed by atoms with Crippen molar-refractivity contribution in [3.05, 3.63) is 71.6 Å². The van der Waals surface area contributed by atoms with Crippen LogP contribution in [-0.2, 0) is 6.54 Å². The van der Waals surface area contributed by atoms with Gasteiger partial charge in [0.15, 0.2) is 11.6 Å². The molecule has 0 unspecified atom stereocenters. The van der Waals surface area contributed by atoms with E-state index in [1.54, 1.807) is 24.4 Å². The molecule has 3 aromatic rings. The zero-order valence-electron chi connectivity index (χ0n) is 13.5. The van der Waals surface area contributed by atoms with E-state index in [0.29, 0.717) is 12.3 Å². The van der Waals surface area contributed by atoms with Gasteiger partial charge in [0.05, 0.1) is 11.9 Å². The first-order valence-electron chi connectivity index (χ1n) is 7.65. The molecular weight excluding hydrogens is 309 g/mol. The number of hydrogen-bond acceptors (Lipinski definition) is 5. The van der Waals surface area contributed by atoms with Gasteiger partial charge in [0, 0.05) is 24.8 Å². The predicted molar refractivity (Wildman–Crippen MR) is 87.2 cm³/mol. The van der Waals surface area contributed by atoms with Crippen LogP contribution in [0.3, 0.4) is 0 Å². The molecule has 3 rings (SSSR count). The summed E-state index contributed by atoms with van der Waals surface area (Å²) < 4.78 is 24.8. The average Bonchev–Trinajstić information content (AvgIpc) is 3.01. The first-order chi connectivity index (χ1) is 11.6. The van der Waals surface area contributed by atoms with E-state index in [2.05, 4.69) is 15.5 Å². The van der Waals surface area contributed by atoms with Gasteiger partial charge in [-0.05, 0) is 43.7 Å². The van der Waals surface area contributed by atoms with Gasteiger partial charge in [-0.3, -0.25) is 4.98 Å². The number of halogens is 1. The maximum Gasteiger partial charge on any atom is 0.166 e. The van der Waals surface area contributed by atoms with Crippen molar-refractivity contribution in [2.75, 3.05) is 0 Å². The third kappa shape index (κ3) is 3.97. The Morgan fingerprint density at radius 1 is 1.29 bits per heavy atom. The van der Waals surface area contributed by atoms with Crippen molar-refractivity contribution in [1.29, 1.82) is 0 Å². The minimum atomic E-state index is -0.415. The predicted octanol–water partition coefficient (Wildman–Crippen LogP) is 4.16. The highest BCUT2D eigenvalue weighted by Gasteiger charge is 2.11. The van der Waals surface area contributed by atoms with Crippen LogP contribution in [0.4, 0.5) is 4.39 Å². The smallest absolute Gasteiger partial charge is 0.166 e. The highest BCUT2D eigenvalue weighted by molar-refractivity contribution is 5.34. The molecule has 0 aliphatic carbocycles. The summed E-state index contributed by atoms with van der Waals surface area (Å²) in [4.78, 5) is 3.94. The number of nitrogens with zero attached hydrogens (tertiary/aromatic N) is 2. The fraction of sp³-hybridized carbons (Fsp3) is 0.222. The van der Waals surface area contributed by atoms with Gasteiger partial charge in [0.1, 0.15) is 11.5 Å². The molecule has 0 fully saturated rings. The van der Waals surface area contributed by atoms with Gasteiger partial charge in [-0.1, -0.05) is 11.2 Å². The molecule has 0 amide bonds.